The quantitative estimate of drug-likeness (QED) is 0.414. The van der Waals surface area contributed by atoms with Crippen LogP contribution in [-0.4, -0.2) is 28.0 Å². The summed E-state index contributed by atoms with van der Waals surface area (Å²) < 4.78 is 2.64. The molecule has 0 bridgehead atoms. The van der Waals surface area contributed by atoms with Crippen molar-refractivity contribution in [1.82, 2.24) is 14.7 Å². The zero-order valence-electron chi connectivity index (χ0n) is 15.1. The molecule has 0 saturated carbocycles. The number of nitrogens with one attached hydrogen (secondary N) is 1. The van der Waals surface area contributed by atoms with Gasteiger partial charge in [-0.2, -0.15) is 0 Å². The van der Waals surface area contributed by atoms with Crippen LogP contribution in [-0.2, 0) is 13.2 Å². The molecule has 0 radical (unpaired) electrons. The lowest BCUT2D eigenvalue weighted by molar-refractivity contribution is 0.245. The first kappa shape index (κ1) is 19.1. The van der Waals surface area contributed by atoms with E-state index in [0.717, 1.165) is 21.3 Å². The van der Waals surface area contributed by atoms with Gasteiger partial charge in [0.05, 0.1) is 6.67 Å². The third kappa shape index (κ3) is 5.17. The summed E-state index contributed by atoms with van der Waals surface area (Å²) in [4.78, 5) is 3.49. The van der Waals surface area contributed by atoms with E-state index in [-0.39, 0.29) is 0 Å². The van der Waals surface area contributed by atoms with Crippen LogP contribution in [0.4, 0.5) is 10.8 Å². The van der Waals surface area contributed by atoms with Crippen LogP contribution in [0.1, 0.15) is 11.1 Å². The van der Waals surface area contributed by atoms with Gasteiger partial charge in [0, 0.05) is 17.1 Å². The Morgan fingerprint density at radius 1 is 1.15 bits per heavy atom. The Morgan fingerprint density at radius 2 is 1.85 bits per heavy atom. The fourth-order valence-corrected chi connectivity index (χ4v) is 3.95. The number of thioether (sulfide) groups is 1. The molecule has 4 nitrogen and oxygen atoms in total. The first-order valence-electron chi connectivity index (χ1n) is 8.26. The number of anilines is 2. The average Bonchev–Trinajstić information content (AvgIpc) is 2.96. The first-order valence-corrected chi connectivity index (χ1v) is 10.7. The van der Waals surface area contributed by atoms with Crippen molar-refractivity contribution in [2.75, 3.05) is 18.6 Å². The van der Waals surface area contributed by atoms with Crippen LogP contribution >= 0.6 is 35.3 Å². The maximum absolute atomic E-state index is 5.48. The van der Waals surface area contributed by atoms with Gasteiger partial charge in [-0.25, -0.2) is 4.68 Å². The maximum Gasteiger partial charge on any atom is 0.209 e. The van der Waals surface area contributed by atoms with E-state index >= 15 is 0 Å². The molecule has 0 aliphatic heterocycles. The number of benzene rings is 2. The Hall–Kier alpha value is -1.67. The Balaban J connectivity index is 1.62. The van der Waals surface area contributed by atoms with E-state index in [2.05, 4.69) is 84.1 Å². The van der Waals surface area contributed by atoms with E-state index in [9.17, 15) is 0 Å². The average molecular weight is 403 g/mol. The SMILES string of the molecule is CSc1ccc(CN(C)Cn2nc(Nc3ccc(C)cc3)sc2=S)cc1. The zero-order chi connectivity index (χ0) is 18.5. The molecule has 7 heteroatoms. The monoisotopic (exact) mass is 402 g/mol. The molecule has 0 aliphatic rings. The minimum absolute atomic E-state index is 0.662. The zero-order valence-corrected chi connectivity index (χ0v) is 17.5. The van der Waals surface area contributed by atoms with Gasteiger partial charge in [0.1, 0.15) is 0 Å². The largest absolute Gasteiger partial charge is 0.330 e. The van der Waals surface area contributed by atoms with E-state index in [1.54, 1.807) is 11.8 Å². The summed E-state index contributed by atoms with van der Waals surface area (Å²) in [6, 6.07) is 16.9. The maximum atomic E-state index is 5.48. The standard InChI is InChI=1S/C19H22N4S3/c1-14-4-8-16(9-5-14)20-18-21-23(19(24)26-18)13-22(2)12-15-6-10-17(25-3)11-7-15/h4-11H,12-13H2,1-3H3,(H,20,21). The molecule has 1 aromatic heterocycles. The van der Waals surface area contributed by atoms with Crippen LogP contribution in [0.5, 0.6) is 0 Å². The van der Waals surface area contributed by atoms with Gasteiger partial charge in [0.2, 0.25) is 5.13 Å². The Morgan fingerprint density at radius 3 is 2.50 bits per heavy atom. The van der Waals surface area contributed by atoms with E-state index < -0.39 is 0 Å². The topological polar surface area (TPSA) is 33.1 Å². The molecule has 0 unspecified atom stereocenters. The summed E-state index contributed by atoms with van der Waals surface area (Å²) >= 11 is 8.73. The van der Waals surface area contributed by atoms with Gasteiger partial charge in [-0.1, -0.05) is 41.2 Å². The van der Waals surface area contributed by atoms with Crippen LogP contribution in [0, 0.1) is 10.9 Å². The van der Waals surface area contributed by atoms with E-state index in [1.807, 2.05) is 4.68 Å². The Labute approximate surface area is 167 Å². The lowest BCUT2D eigenvalue weighted by atomic mass is 10.2. The van der Waals surface area contributed by atoms with Gasteiger partial charge in [-0.05, 0) is 62.3 Å². The third-order valence-corrected chi connectivity index (χ3v) is 5.86. The van der Waals surface area contributed by atoms with Crippen LogP contribution in [0.3, 0.4) is 0 Å². The number of aromatic nitrogens is 2. The minimum Gasteiger partial charge on any atom is -0.330 e. The summed E-state index contributed by atoms with van der Waals surface area (Å²) in [5, 5.41) is 8.75. The van der Waals surface area contributed by atoms with Crippen LogP contribution in [0.2, 0.25) is 0 Å². The highest BCUT2D eigenvalue weighted by Gasteiger charge is 2.07. The van der Waals surface area contributed by atoms with Crippen molar-refractivity contribution in [3.05, 3.63) is 63.6 Å². The van der Waals surface area contributed by atoms with Crippen LogP contribution in [0.25, 0.3) is 0 Å². The second-order valence-electron chi connectivity index (χ2n) is 6.17. The Bertz CT molecular complexity index is 898. The second kappa shape index (κ2) is 8.81. The molecule has 2 aromatic carbocycles. The van der Waals surface area contributed by atoms with E-state index in [4.69, 9.17) is 12.2 Å². The number of hydrogen-bond donors (Lipinski definition) is 1. The number of rotatable bonds is 7. The number of nitrogens with zero attached hydrogens (tertiary/aromatic N) is 3. The predicted molar refractivity (Wildman–Crippen MR) is 115 cm³/mol. The number of aryl methyl sites for hydroxylation is 1. The number of hydrogen-bond acceptors (Lipinski definition) is 6. The van der Waals surface area contributed by atoms with Gasteiger partial charge < -0.3 is 5.32 Å². The summed E-state index contributed by atoms with van der Waals surface area (Å²) in [5.74, 6) is 0. The molecule has 3 rings (SSSR count). The molecule has 0 spiro atoms. The summed E-state index contributed by atoms with van der Waals surface area (Å²) in [6.07, 6.45) is 2.09. The van der Waals surface area contributed by atoms with Crippen molar-refractivity contribution < 1.29 is 0 Å². The van der Waals surface area contributed by atoms with Gasteiger partial charge in [-0.15, -0.1) is 16.9 Å². The lowest BCUT2D eigenvalue weighted by Gasteiger charge is -2.16. The minimum atomic E-state index is 0.662. The molecule has 0 fully saturated rings. The first-order chi connectivity index (χ1) is 12.5. The fraction of sp³-hybridized carbons (Fsp3) is 0.263. The Kier molecular flexibility index (Phi) is 6.48. The van der Waals surface area contributed by atoms with E-state index in [1.165, 1.54) is 27.4 Å². The molecular formula is C19H22N4S3. The molecule has 3 aromatic rings. The van der Waals surface area contributed by atoms with Crippen LogP contribution < -0.4 is 5.32 Å². The van der Waals surface area contributed by atoms with Crippen LogP contribution in [0.15, 0.2) is 53.4 Å². The van der Waals surface area contributed by atoms with Gasteiger partial charge >= 0.3 is 0 Å². The van der Waals surface area contributed by atoms with Gasteiger partial charge in [0.15, 0.2) is 3.95 Å². The van der Waals surface area contributed by atoms with Gasteiger partial charge in [0.25, 0.3) is 0 Å². The summed E-state index contributed by atoms with van der Waals surface area (Å²) in [7, 11) is 2.08. The summed E-state index contributed by atoms with van der Waals surface area (Å²) in [6.45, 7) is 3.59. The normalized spacial score (nSPS) is 11.1. The highest BCUT2D eigenvalue weighted by Crippen LogP contribution is 2.21. The molecule has 0 amide bonds. The fourth-order valence-electron chi connectivity index (χ4n) is 2.53. The van der Waals surface area contributed by atoms with Crippen molar-refractivity contribution in [3.63, 3.8) is 0 Å². The van der Waals surface area contributed by atoms with Crippen molar-refractivity contribution in [3.8, 4) is 0 Å². The molecule has 0 aliphatic carbocycles. The van der Waals surface area contributed by atoms with Crippen molar-refractivity contribution >= 4 is 46.1 Å². The molecule has 136 valence electrons. The van der Waals surface area contributed by atoms with E-state index in [0.29, 0.717) is 6.67 Å². The molecule has 0 saturated heterocycles. The highest BCUT2D eigenvalue weighted by atomic mass is 32.2. The summed E-state index contributed by atoms with van der Waals surface area (Å²) in [5.41, 5.74) is 3.54. The molecule has 26 heavy (non-hydrogen) atoms. The van der Waals surface area contributed by atoms with Crippen molar-refractivity contribution in [1.29, 1.82) is 0 Å². The lowest BCUT2D eigenvalue weighted by Crippen LogP contribution is -2.22. The molecule has 1 N–H and O–H groups in total. The second-order valence-corrected chi connectivity index (χ2v) is 8.67. The van der Waals surface area contributed by atoms with Crippen molar-refractivity contribution in [2.24, 2.45) is 0 Å². The van der Waals surface area contributed by atoms with Gasteiger partial charge in [-0.3, -0.25) is 4.90 Å². The smallest absolute Gasteiger partial charge is 0.209 e. The third-order valence-electron chi connectivity index (χ3n) is 3.90. The molecule has 1 heterocycles. The predicted octanol–water partition coefficient (Wildman–Crippen LogP) is 5.54. The highest BCUT2D eigenvalue weighted by molar-refractivity contribution is 7.98. The molecule has 0 atom stereocenters. The van der Waals surface area contributed by atoms with Crippen molar-refractivity contribution in [2.45, 2.75) is 25.0 Å². The molecular weight excluding hydrogens is 380 g/mol.